The molecule has 3 heteroatoms. The van der Waals surface area contributed by atoms with Gasteiger partial charge in [0.1, 0.15) is 5.03 Å². The molecular weight excluding hydrogens is 240 g/mol. The highest BCUT2D eigenvalue weighted by molar-refractivity contribution is 7.99. The van der Waals surface area contributed by atoms with E-state index in [-0.39, 0.29) is 0 Å². The fraction of sp³-hybridized carbons (Fsp3) is 0.267. The van der Waals surface area contributed by atoms with E-state index in [9.17, 15) is 0 Å². The zero-order chi connectivity index (χ0) is 13.0. The van der Waals surface area contributed by atoms with Gasteiger partial charge in [-0.3, -0.25) is 0 Å². The highest BCUT2D eigenvalue weighted by Gasteiger charge is 2.05. The van der Waals surface area contributed by atoms with Crippen LogP contribution in [0, 0.1) is 13.8 Å². The Kier molecular flexibility index (Phi) is 4.39. The van der Waals surface area contributed by atoms with Gasteiger partial charge in [-0.25, -0.2) is 4.98 Å². The summed E-state index contributed by atoms with van der Waals surface area (Å²) in [5.74, 6) is 0. The first kappa shape index (κ1) is 13.1. The second-order valence-electron chi connectivity index (χ2n) is 4.36. The van der Waals surface area contributed by atoms with E-state index < -0.39 is 0 Å². The van der Waals surface area contributed by atoms with Crippen molar-refractivity contribution in [2.75, 3.05) is 7.05 Å². The van der Waals surface area contributed by atoms with Crippen molar-refractivity contribution in [1.82, 2.24) is 10.3 Å². The third-order valence-electron chi connectivity index (χ3n) is 2.77. The molecule has 1 heterocycles. The smallest absolute Gasteiger partial charge is 0.104 e. The minimum Gasteiger partial charge on any atom is -0.316 e. The van der Waals surface area contributed by atoms with Crippen LogP contribution in [0.5, 0.6) is 0 Å². The van der Waals surface area contributed by atoms with Gasteiger partial charge < -0.3 is 5.32 Å². The lowest BCUT2D eigenvalue weighted by Crippen LogP contribution is -2.05. The van der Waals surface area contributed by atoms with E-state index in [4.69, 9.17) is 0 Å². The van der Waals surface area contributed by atoms with Crippen molar-refractivity contribution in [3.05, 3.63) is 53.2 Å². The molecule has 18 heavy (non-hydrogen) atoms. The largest absolute Gasteiger partial charge is 0.316 e. The Bertz CT molecular complexity index is 538. The number of hydrogen-bond acceptors (Lipinski definition) is 3. The van der Waals surface area contributed by atoms with Crippen molar-refractivity contribution in [1.29, 1.82) is 0 Å². The Morgan fingerprint density at radius 2 is 1.94 bits per heavy atom. The van der Waals surface area contributed by atoms with Gasteiger partial charge in [0, 0.05) is 17.6 Å². The van der Waals surface area contributed by atoms with Gasteiger partial charge in [-0.15, -0.1) is 0 Å². The van der Waals surface area contributed by atoms with Crippen molar-refractivity contribution >= 4 is 11.8 Å². The van der Waals surface area contributed by atoms with Gasteiger partial charge in [0.15, 0.2) is 0 Å². The van der Waals surface area contributed by atoms with Gasteiger partial charge in [0.2, 0.25) is 0 Å². The molecule has 0 bridgehead atoms. The van der Waals surface area contributed by atoms with E-state index in [1.54, 1.807) is 11.8 Å². The first-order chi connectivity index (χ1) is 8.70. The van der Waals surface area contributed by atoms with Crippen LogP contribution < -0.4 is 5.32 Å². The van der Waals surface area contributed by atoms with E-state index in [1.807, 2.05) is 13.2 Å². The maximum absolute atomic E-state index is 4.56. The van der Waals surface area contributed by atoms with Gasteiger partial charge >= 0.3 is 0 Å². The summed E-state index contributed by atoms with van der Waals surface area (Å²) in [6.07, 6.45) is 1.95. The summed E-state index contributed by atoms with van der Waals surface area (Å²) < 4.78 is 0. The lowest BCUT2D eigenvalue weighted by Gasteiger charge is -2.08. The van der Waals surface area contributed by atoms with Gasteiger partial charge in [-0.2, -0.15) is 0 Å². The number of hydrogen-bond donors (Lipinski definition) is 1. The first-order valence-electron chi connectivity index (χ1n) is 6.04. The van der Waals surface area contributed by atoms with Crippen LogP contribution in [0.25, 0.3) is 0 Å². The predicted octanol–water partition coefficient (Wildman–Crippen LogP) is 3.57. The second-order valence-corrected chi connectivity index (χ2v) is 5.39. The van der Waals surface area contributed by atoms with E-state index in [0.29, 0.717) is 0 Å². The monoisotopic (exact) mass is 258 g/mol. The lowest BCUT2D eigenvalue weighted by molar-refractivity contribution is 0.806. The number of rotatable bonds is 4. The molecule has 0 spiro atoms. The molecule has 0 aliphatic rings. The standard InChI is InChI=1S/C15H18N2S/c1-11-6-4-5-7-14(11)18-15-12(2)8-13(9-16-3)10-17-15/h4-8,10,16H,9H2,1-3H3. The molecule has 1 aromatic heterocycles. The third kappa shape index (κ3) is 3.12. The van der Waals surface area contributed by atoms with Gasteiger partial charge in [-0.05, 0) is 43.7 Å². The number of aryl methyl sites for hydroxylation is 2. The molecule has 0 atom stereocenters. The average molecular weight is 258 g/mol. The Morgan fingerprint density at radius 3 is 2.61 bits per heavy atom. The van der Waals surface area contributed by atoms with Gasteiger partial charge in [-0.1, -0.05) is 36.0 Å². The van der Waals surface area contributed by atoms with Gasteiger partial charge in [0.05, 0.1) is 0 Å². The van der Waals surface area contributed by atoms with Crippen molar-refractivity contribution in [3.63, 3.8) is 0 Å². The number of aromatic nitrogens is 1. The molecule has 2 rings (SSSR count). The molecule has 0 radical (unpaired) electrons. The van der Waals surface area contributed by atoms with E-state index >= 15 is 0 Å². The van der Waals surface area contributed by atoms with E-state index in [1.165, 1.54) is 21.6 Å². The van der Waals surface area contributed by atoms with Crippen molar-refractivity contribution in [2.24, 2.45) is 0 Å². The molecule has 2 nitrogen and oxygen atoms in total. The SMILES string of the molecule is CNCc1cnc(Sc2ccccc2C)c(C)c1. The summed E-state index contributed by atoms with van der Waals surface area (Å²) in [7, 11) is 1.95. The molecule has 0 aliphatic heterocycles. The van der Waals surface area contributed by atoms with Crippen molar-refractivity contribution in [3.8, 4) is 0 Å². The highest BCUT2D eigenvalue weighted by atomic mass is 32.2. The van der Waals surface area contributed by atoms with Crippen LogP contribution >= 0.6 is 11.8 Å². The fourth-order valence-electron chi connectivity index (χ4n) is 1.80. The number of nitrogens with one attached hydrogen (secondary N) is 1. The Balaban J connectivity index is 2.22. The predicted molar refractivity (Wildman–Crippen MR) is 77.0 cm³/mol. The molecule has 1 aromatic carbocycles. The molecule has 0 aliphatic carbocycles. The highest BCUT2D eigenvalue weighted by Crippen LogP contribution is 2.30. The molecule has 0 amide bonds. The molecule has 0 unspecified atom stereocenters. The molecular formula is C15H18N2S. The van der Waals surface area contributed by atoms with Crippen LogP contribution in [0.2, 0.25) is 0 Å². The summed E-state index contributed by atoms with van der Waals surface area (Å²) in [6.45, 7) is 5.11. The minimum absolute atomic E-state index is 0.864. The fourth-order valence-corrected chi connectivity index (χ4v) is 2.71. The van der Waals surface area contributed by atoms with Crippen LogP contribution in [-0.2, 0) is 6.54 Å². The Morgan fingerprint density at radius 1 is 1.17 bits per heavy atom. The van der Waals surface area contributed by atoms with Crippen molar-refractivity contribution < 1.29 is 0 Å². The zero-order valence-electron chi connectivity index (χ0n) is 11.0. The molecule has 1 N–H and O–H groups in total. The van der Waals surface area contributed by atoms with Crippen LogP contribution in [0.15, 0.2) is 46.5 Å². The summed E-state index contributed by atoms with van der Waals surface area (Å²) >= 11 is 1.74. The molecule has 94 valence electrons. The van der Waals surface area contributed by atoms with Crippen LogP contribution in [-0.4, -0.2) is 12.0 Å². The number of benzene rings is 1. The van der Waals surface area contributed by atoms with Crippen LogP contribution in [0.4, 0.5) is 0 Å². The second kappa shape index (κ2) is 6.03. The summed E-state index contributed by atoms with van der Waals surface area (Å²) in [6, 6.07) is 10.6. The third-order valence-corrected chi connectivity index (χ3v) is 4.07. The number of nitrogens with zero attached hydrogens (tertiary/aromatic N) is 1. The molecule has 2 aromatic rings. The van der Waals surface area contributed by atoms with Gasteiger partial charge in [0.25, 0.3) is 0 Å². The maximum atomic E-state index is 4.56. The Hall–Kier alpha value is -1.32. The molecule has 0 saturated heterocycles. The topological polar surface area (TPSA) is 24.9 Å². The summed E-state index contributed by atoms with van der Waals surface area (Å²) in [5, 5.41) is 4.23. The van der Waals surface area contributed by atoms with E-state index in [2.05, 4.69) is 54.5 Å². The average Bonchev–Trinajstić information content (AvgIpc) is 2.35. The summed E-state index contributed by atoms with van der Waals surface area (Å²) in [5.41, 5.74) is 3.75. The van der Waals surface area contributed by atoms with Crippen LogP contribution in [0.3, 0.4) is 0 Å². The van der Waals surface area contributed by atoms with Crippen LogP contribution in [0.1, 0.15) is 16.7 Å². The zero-order valence-corrected chi connectivity index (χ0v) is 11.8. The normalized spacial score (nSPS) is 10.6. The maximum Gasteiger partial charge on any atom is 0.104 e. The minimum atomic E-state index is 0.864. The lowest BCUT2D eigenvalue weighted by atomic mass is 10.2. The Labute approximate surface area is 113 Å². The summed E-state index contributed by atoms with van der Waals surface area (Å²) in [4.78, 5) is 5.83. The first-order valence-corrected chi connectivity index (χ1v) is 6.86. The van der Waals surface area contributed by atoms with E-state index in [0.717, 1.165) is 11.6 Å². The molecule has 0 saturated carbocycles. The quantitative estimate of drug-likeness (QED) is 0.907. The van der Waals surface area contributed by atoms with Crippen molar-refractivity contribution in [2.45, 2.75) is 30.3 Å². The molecule has 0 fully saturated rings. The number of pyridine rings is 1.